The van der Waals surface area contributed by atoms with Crippen LogP contribution < -0.4 is 5.32 Å². The lowest BCUT2D eigenvalue weighted by Gasteiger charge is -2.10. The van der Waals surface area contributed by atoms with Crippen LogP contribution in [0.1, 0.15) is 19.4 Å². The average molecular weight is 300 g/mol. The van der Waals surface area contributed by atoms with E-state index in [1.807, 2.05) is 24.3 Å². The largest absolute Gasteiger partial charge is 0.310 e. The molecule has 0 bridgehead atoms. The molecular weight excluding hydrogens is 285 g/mol. The molecule has 0 amide bonds. The lowest BCUT2D eigenvalue weighted by molar-refractivity contribution is 0.589. The zero-order valence-electron chi connectivity index (χ0n) is 10.3. The third kappa shape index (κ3) is 3.48. The van der Waals surface area contributed by atoms with Crippen LogP contribution in [0.2, 0.25) is 9.36 Å². The molecule has 0 fully saturated rings. The molecule has 2 aromatic rings. The van der Waals surface area contributed by atoms with Gasteiger partial charge < -0.3 is 5.32 Å². The number of thiophene rings is 1. The molecule has 1 aromatic carbocycles. The molecule has 2 rings (SSSR count). The molecule has 96 valence electrons. The Labute approximate surface area is 122 Å². The average Bonchev–Trinajstić information content (AvgIpc) is 2.74. The molecule has 0 saturated carbocycles. The number of halogens is 2. The maximum Gasteiger partial charge on any atom is 0.0934 e. The van der Waals surface area contributed by atoms with Crippen molar-refractivity contribution in [3.63, 3.8) is 0 Å². The van der Waals surface area contributed by atoms with Crippen molar-refractivity contribution in [2.45, 2.75) is 26.4 Å². The van der Waals surface area contributed by atoms with Crippen LogP contribution >= 0.6 is 34.5 Å². The fourth-order valence-corrected chi connectivity index (χ4v) is 2.87. The molecule has 1 nitrogen and oxygen atoms in total. The van der Waals surface area contributed by atoms with Crippen LogP contribution in [-0.2, 0) is 6.54 Å². The van der Waals surface area contributed by atoms with Crippen LogP contribution in [0.3, 0.4) is 0 Å². The number of rotatable bonds is 4. The van der Waals surface area contributed by atoms with Gasteiger partial charge in [-0.2, -0.15) is 0 Å². The predicted molar refractivity (Wildman–Crippen MR) is 81.8 cm³/mol. The van der Waals surface area contributed by atoms with Gasteiger partial charge in [0.15, 0.2) is 0 Å². The van der Waals surface area contributed by atoms with Gasteiger partial charge in [-0.3, -0.25) is 0 Å². The second-order valence-electron chi connectivity index (χ2n) is 4.45. The van der Waals surface area contributed by atoms with Crippen molar-refractivity contribution in [3.8, 4) is 10.4 Å². The van der Waals surface area contributed by atoms with E-state index in [0.29, 0.717) is 6.04 Å². The lowest BCUT2D eigenvalue weighted by Crippen LogP contribution is -2.21. The van der Waals surface area contributed by atoms with Gasteiger partial charge in [-0.05, 0) is 35.4 Å². The summed E-state index contributed by atoms with van der Waals surface area (Å²) >= 11 is 13.8. The van der Waals surface area contributed by atoms with Crippen LogP contribution in [0, 0.1) is 0 Å². The summed E-state index contributed by atoms with van der Waals surface area (Å²) in [7, 11) is 0. The molecule has 0 spiro atoms. The summed E-state index contributed by atoms with van der Waals surface area (Å²) in [6, 6.07) is 10.5. The minimum Gasteiger partial charge on any atom is -0.310 e. The van der Waals surface area contributed by atoms with Gasteiger partial charge in [0.05, 0.1) is 4.34 Å². The van der Waals surface area contributed by atoms with E-state index in [1.54, 1.807) is 11.3 Å². The van der Waals surface area contributed by atoms with E-state index in [1.165, 1.54) is 4.88 Å². The molecule has 1 aromatic heterocycles. The first-order chi connectivity index (χ1) is 8.56. The van der Waals surface area contributed by atoms with E-state index in [2.05, 4.69) is 25.2 Å². The first kappa shape index (κ1) is 13.9. The van der Waals surface area contributed by atoms with Crippen molar-refractivity contribution in [3.05, 3.63) is 45.3 Å². The van der Waals surface area contributed by atoms with Crippen LogP contribution in [0.4, 0.5) is 0 Å². The van der Waals surface area contributed by atoms with Gasteiger partial charge in [0, 0.05) is 22.5 Å². The Morgan fingerprint density at radius 1 is 1.17 bits per heavy atom. The standard InChI is InChI=1S/C14H15Cl2NS/c1-9(2)17-8-11-7-10(3-4-12(11)15)13-5-6-14(16)18-13/h3-7,9,17H,8H2,1-2H3. The van der Waals surface area contributed by atoms with Crippen molar-refractivity contribution in [2.75, 3.05) is 0 Å². The second kappa shape index (κ2) is 6.07. The van der Waals surface area contributed by atoms with Crippen molar-refractivity contribution in [1.29, 1.82) is 0 Å². The van der Waals surface area contributed by atoms with Crippen molar-refractivity contribution < 1.29 is 0 Å². The molecule has 0 aliphatic carbocycles. The monoisotopic (exact) mass is 299 g/mol. The highest BCUT2D eigenvalue weighted by Crippen LogP contribution is 2.32. The van der Waals surface area contributed by atoms with Gasteiger partial charge in [0.2, 0.25) is 0 Å². The highest BCUT2D eigenvalue weighted by Gasteiger charge is 2.06. The fraction of sp³-hybridized carbons (Fsp3) is 0.286. The zero-order valence-corrected chi connectivity index (χ0v) is 12.7. The van der Waals surface area contributed by atoms with Crippen molar-refractivity contribution in [1.82, 2.24) is 5.32 Å². The lowest BCUT2D eigenvalue weighted by atomic mass is 10.1. The Morgan fingerprint density at radius 3 is 2.56 bits per heavy atom. The molecular formula is C14H15Cl2NS. The Bertz CT molecular complexity index is 534. The van der Waals surface area contributed by atoms with Crippen molar-refractivity contribution in [2.24, 2.45) is 0 Å². The first-order valence-electron chi connectivity index (χ1n) is 5.84. The summed E-state index contributed by atoms with van der Waals surface area (Å²) < 4.78 is 0.807. The van der Waals surface area contributed by atoms with E-state index in [4.69, 9.17) is 23.2 Å². The summed E-state index contributed by atoms with van der Waals surface area (Å²) in [6.45, 7) is 5.02. The molecule has 1 heterocycles. The van der Waals surface area contributed by atoms with Gasteiger partial charge in [-0.25, -0.2) is 0 Å². The van der Waals surface area contributed by atoms with Gasteiger partial charge in [0.25, 0.3) is 0 Å². The summed E-state index contributed by atoms with van der Waals surface area (Å²) in [5, 5.41) is 4.18. The molecule has 0 atom stereocenters. The highest BCUT2D eigenvalue weighted by atomic mass is 35.5. The number of benzene rings is 1. The number of hydrogen-bond donors (Lipinski definition) is 1. The molecule has 1 N–H and O–H groups in total. The van der Waals surface area contributed by atoms with Gasteiger partial charge in [-0.15, -0.1) is 11.3 Å². The second-order valence-corrected chi connectivity index (χ2v) is 6.57. The highest BCUT2D eigenvalue weighted by molar-refractivity contribution is 7.19. The molecule has 0 unspecified atom stereocenters. The number of hydrogen-bond acceptors (Lipinski definition) is 2. The third-order valence-corrected chi connectivity index (χ3v) is 4.25. The molecule has 4 heteroatoms. The summed E-state index contributed by atoms with van der Waals surface area (Å²) in [5.41, 5.74) is 2.28. The summed E-state index contributed by atoms with van der Waals surface area (Å²) in [5.74, 6) is 0. The number of nitrogens with one attached hydrogen (secondary N) is 1. The van der Waals surface area contributed by atoms with Crippen LogP contribution in [0.5, 0.6) is 0 Å². The van der Waals surface area contributed by atoms with Crippen molar-refractivity contribution >= 4 is 34.5 Å². The van der Waals surface area contributed by atoms with Gasteiger partial charge in [0.1, 0.15) is 0 Å². The minimum absolute atomic E-state index is 0.445. The van der Waals surface area contributed by atoms with Gasteiger partial charge in [-0.1, -0.05) is 43.1 Å². The van der Waals surface area contributed by atoms with Crippen LogP contribution in [-0.4, -0.2) is 6.04 Å². The SMILES string of the molecule is CC(C)NCc1cc(-c2ccc(Cl)s2)ccc1Cl. The summed E-state index contributed by atoms with van der Waals surface area (Å²) in [4.78, 5) is 1.17. The van der Waals surface area contributed by atoms with E-state index in [9.17, 15) is 0 Å². The molecule has 0 saturated heterocycles. The molecule has 0 aliphatic rings. The smallest absolute Gasteiger partial charge is 0.0934 e. The van der Waals surface area contributed by atoms with E-state index < -0.39 is 0 Å². The van der Waals surface area contributed by atoms with E-state index in [-0.39, 0.29) is 0 Å². The molecule has 0 radical (unpaired) electrons. The first-order valence-corrected chi connectivity index (χ1v) is 7.41. The van der Waals surface area contributed by atoms with E-state index in [0.717, 1.165) is 27.0 Å². The quantitative estimate of drug-likeness (QED) is 0.816. The predicted octanol–water partition coefficient (Wildman–Crippen LogP) is 5.22. The Kier molecular flexibility index (Phi) is 4.68. The maximum absolute atomic E-state index is 6.21. The van der Waals surface area contributed by atoms with E-state index >= 15 is 0 Å². The third-order valence-electron chi connectivity index (χ3n) is 2.60. The van der Waals surface area contributed by atoms with Crippen LogP contribution in [0.15, 0.2) is 30.3 Å². The summed E-state index contributed by atoms with van der Waals surface area (Å²) in [6.07, 6.45) is 0. The topological polar surface area (TPSA) is 12.0 Å². The van der Waals surface area contributed by atoms with Gasteiger partial charge >= 0.3 is 0 Å². The molecule has 0 aliphatic heterocycles. The van der Waals surface area contributed by atoms with Crippen LogP contribution in [0.25, 0.3) is 10.4 Å². The zero-order chi connectivity index (χ0) is 13.1. The normalized spacial score (nSPS) is 11.2. The Morgan fingerprint density at radius 2 is 1.94 bits per heavy atom. The molecule has 18 heavy (non-hydrogen) atoms. The maximum atomic E-state index is 6.21. The minimum atomic E-state index is 0.445. The Hall–Kier alpha value is -0.540. The Balaban J connectivity index is 2.25. The fourth-order valence-electron chi connectivity index (χ4n) is 1.65.